The van der Waals surface area contributed by atoms with E-state index in [2.05, 4.69) is 0 Å². The molecule has 6 heteroatoms. The van der Waals surface area contributed by atoms with Crippen molar-refractivity contribution in [3.05, 3.63) is 0 Å². The Labute approximate surface area is 94.8 Å². The molecule has 0 amide bonds. The van der Waals surface area contributed by atoms with E-state index in [9.17, 15) is 18.0 Å². The molecule has 0 bridgehead atoms. The number of hydrogen-bond acceptors (Lipinski definition) is 4. The molecule has 0 saturated carbocycles. The first-order chi connectivity index (χ1) is 7.08. The molecule has 2 atom stereocenters. The van der Waals surface area contributed by atoms with Crippen LogP contribution in [-0.4, -0.2) is 35.8 Å². The predicted molar refractivity (Wildman–Crippen MR) is 57.8 cm³/mol. The average Bonchev–Trinajstić information content (AvgIpc) is 2.37. The largest absolute Gasteiger partial charge is 0.480 e. The van der Waals surface area contributed by atoms with Crippen LogP contribution < -0.4 is 0 Å². The van der Waals surface area contributed by atoms with Crippen molar-refractivity contribution >= 4 is 21.6 Å². The van der Waals surface area contributed by atoms with Crippen LogP contribution in [0.4, 0.5) is 0 Å². The average molecular weight is 248 g/mol. The number of sulfone groups is 1. The Kier molecular flexibility index (Phi) is 3.15. The van der Waals surface area contributed by atoms with Crippen LogP contribution in [0.15, 0.2) is 0 Å². The molecule has 5 nitrogen and oxygen atoms in total. The van der Waals surface area contributed by atoms with Crippen molar-refractivity contribution in [2.24, 2.45) is 5.41 Å². The lowest BCUT2D eigenvalue weighted by Gasteiger charge is -2.21. The minimum Gasteiger partial charge on any atom is -0.480 e. The van der Waals surface area contributed by atoms with Gasteiger partial charge in [-0.1, -0.05) is 20.8 Å². The topological polar surface area (TPSA) is 88.5 Å². The van der Waals surface area contributed by atoms with Gasteiger partial charge in [-0.15, -0.1) is 0 Å². The fraction of sp³-hybridized carbons (Fsp3) is 0.800. The number of hydrogen-bond donors (Lipinski definition) is 1. The molecule has 0 aromatic heterocycles. The van der Waals surface area contributed by atoms with E-state index < -0.39 is 37.5 Å². The summed E-state index contributed by atoms with van der Waals surface area (Å²) >= 11 is 0. The van der Waals surface area contributed by atoms with Crippen molar-refractivity contribution in [1.29, 1.82) is 0 Å². The molecule has 2 unspecified atom stereocenters. The molecule has 0 aromatic carbocycles. The van der Waals surface area contributed by atoms with Crippen LogP contribution >= 0.6 is 0 Å². The number of carboxylic acid groups (broad SMARTS) is 1. The van der Waals surface area contributed by atoms with Gasteiger partial charge in [0.15, 0.2) is 20.9 Å². The lowest BCUT2D eigenvalue weighted by molar-refractivity contribution is -0.136. The van der Waals surface area contributed by atoms with Crippen LogP contribution in [0.3, 0.4) is 0 Å². The summed E-state index contributed by atoms with van der Waals surface area (Å²) in [6.07, 6.45) is 0.152. The van der Waals surface area contributed by atoms with Crippen LogP contribution in [0.2, 0.25) is 0 Å². The van der Waals surface area contributed by atoms with Gasteiger partial charge in [0.25, 0.3) is 0 Å². The number of carbonyl (C=O) groups excluding carboxylic acids is 1. The summed E-state index contributed by atoms with van der Waals surface area (Å²) < 4.78 is 23.6. The van der Waals surface area contributed by atoms with Gasteiger partial charge in [-0.2, -0.15) is 0 Å². The lowest BCUT2D eigenvalue weighted by atomic mass is 9.87. The molecule has 1 fully saturated rings. The van der Waals surface area contributed by atoms with E-state index in [1.807, 2.05) is 0 Å². The van der Waals surface area contributed by atoms with E-state index in [1.54, 1.807) is 20.8 Å². The van der Waals surface area contributed by atoms with Crippen molar-refractivity contribution < 1.29 is 23.1 Å². The fourth-order valence-electron chi connectivity index (χ4n) is 1.86. The Morgan fingerprint density at radius 1 is 1.12 bits per heavy atom. The predicted octanol–water partition coefficient (Wildman–Crippen LogP) is 0.632. The Hall–Kier alpha value is -0.910. The summed E-state index contributed by atoms with van der Waals surface area (Å²) in [7, 11) is -3.86. The lowest BCUT2D eigenvalue weighted by Crippen LogP contribution is -2.39. The van der Waals surface area contributed by atoms with E-state index in [1.165, 1.54) is 0 Å². The summed E-state index contributed by atoms with van der Waals surface area (Å²) in [5.74, 6) is -1.75. The third-order valence-corrected chi connectivity index (χ3v) is 5.26. The number of aliphatic carboxylic acids is 1. The van der Waals surface area contributed by atoms with E-state index in [4.69, 9.17) is 5.11 Å². The van der Waals surface area contributed by atoms with Gasteiger partial charge in [-0.25, -0.2) is 8.42 Å². The maximum absolute atomic E-state index is 11.9. The summed E-state index contributed by atoms with van der Waals surface area (Å²) in [5, 5.41) is 6.20. The first-order valence-electron chi connectivity index (χ1n) is 5.08. The number of carboxylic acids is 1. The van der Waals surface area contributed by atoms with Crippen molar-refractivity contribution in [3.8, 4) is 0 Å². The molecule has 1 saturated heterocycles. The minimum atomic E-state index is -3.86. The molecule has 16 heavy (non-hydrogen) atoms. The molecule has 0 aliphatic carbocycles. The Morgan fingerprint density at radius 2 is 1.56 bits per heavy atom. The first kappa shape index (κ1) is 13.2. The quantitative estimate of drug-likeness (QED) is 0.774. The van der Waals surface area contributed by atoms with Gasteiger partial charge < -0.3 is 5.11 Å². The van der Waals surface area contributed by atoms with E-state index in [-0.39, 0.29) is 12.8 Å². The van der Waals surface area contributed by atoms with Gasteiger partial charge in [-0.05, 0) is 12.8 Å². The smallest absolute Gasteiger partial charge is 0.321 e. The Morgan fingerprint density at radius 3 is 1.88 bits per heavy atom. The van der Waals surface area contributed by atoms with Crippen molar-refractivity contribution in [2.75, 3.05) is 0 Å². The highest BCUT2D eigenvalue weighted by atomic mass is 32.2. The van der Waals surface area contributed by atoms with Gasteiger partial charge >= 0.3 is 5.97 Å². The van der Waals surface area contributed by atoms with E-state index in [0.717, 1.165) is 0 Å². The zero-order chi connectivity index (χ0) is 12.7. The molecule has 0 aromatic rings. The molecule has 92 valence electrons. The summed E-state index contributed by atoms with van der Waals surface area (Å²) in [4.78, 5) is 22.6. The highest BCUT2D eigenvalue weighted by molar-refractivity contribution is 7.94. The standard InChI is InChI=1S/C10H16O5S/c1-10(2,3)8(11)6-4-5-7(9(12)13)16(6,14)15/h6-7H,4-5H2,1-3H3,(H,12,13). The second-order valence-electron chi connectivity index (χ2n) is 5.10. The van der Waals surface area contributed by atoms with Crippen LogP contribution in [0.25, 0.3) is 0 Å². The van der Waals surface area contributed by atoms with Crippen molar-refractivity contribution in [2.45, 2.75) is 44.1 Å². The monoisotopic (exact) mass is 248 g/mol. The van der Waals surface area contributed by atoms with Crippen LogP contribution in [0.1, 0.15) is 33.6 Å². The van der Waals surface area contributed by atoms with Crippen LogP contribution in [0, 0.1) is 5.41 Å². The Balaban J connectivity index is 3.05. The van der Waals surface area contributed by atoms with Gasteiger partial charge in [-0.3, -0.25) is 9.59 Å². The van der Waals surface area contributed by atoms with Crippen LogP contribution in [-0.2, 0) is 19.4 Å². The highest BCUT2D eigenvalue weighted by Crippen LogP contribution is 2.32. The highest BCUT2D eigenvalue weighted by Gasteiger charge is 2.50. The van der Waals surface area contributed by atoms with Crippen molar-refractivity contribution in [1.82, 2.24) is 0 Å². The molecule has 0 spiro atoms. The molecular formula is C10H16O5S. The summed E-state index contributed by atoms with van der Waals surface area (Å²) in [5.41, 5.74) is -0.759. The molecule has 1 N–H and O–H groups in total. The second kappa shape index (κ2) is 3.84. The zero-order valence-electron chi connectivity index (χ0n) is 9.56. The van der Waals surface area contributed by atoms with Gasteiger partial charge in [0.05, 0.1) is 0 Å². The molecule has 1 heterocycles. The SMILES string of the molecule is CC(C)(C)C(=O)C1CCC(C(=O)O)S1(=O)=O. The van der Waals surface area contributed by atoms with Gasteiger partial charge in [0, 0.05) is 5.41 Å². The summed E-state index contributed by atoms with van der Waals surface area (Å²) in [6, 6.07) is 0. The maximum atomic E-state index is 11.9. The number of Topliss-reactive ketones (excluding diaryl/α,β-unsaturated/α-hetero) is 1. The number of carbonyl (C=O) groups is 2. The molecule has 1 aliphatic rings. The van der Waals surface area contributed by atoms with E-state index >= 15 is 0 Å². The van der Waals surface area contributed by atoms with Crippen LogP contribution in [0.5, 0.6) is 0 Å². The maximum Gasteiger partial charge on any atom is 0.321 e. The van der Waals surface area contributed by atoms with E-state index in [0.29, 0.717) is 0 Å². The number of rotatable bonds is 2. The molecule has 0 radical (unpaired) electrons. The van der Waals surface area contributed by atoms with Gasteiger partial charge in [0.1, 0.15) is 5.25 Å². The fourth-order valence-corrected chi connectivity index (χ4v) is 4.12. The van der Waals surface area contributed by atoms with Crippen molar-refractivity contribution in [3.63, 3.8) is 0 Å². The summed E-state index contributed by atoms with van der Waals surface area (Å²) in [6.45, 7) is 4.91. The first-order valence-corrected chi connectivity index (χ1v) is 6.69. The minimum absolute atomic E-state index is 0.0319. The third kappa shape index (κ3) is 2.11. The molecular weight excluding hydrogens is 232 g/mol. The number of ketones is 1. The zero-order valence-corrected chi connectivity index (χ0v) is 10.4. The Bertz CT molecular complexity index is 415. The third-order valence-electron chi connectivity index (χ3n) is 2.79. The second-order valence-corrected chi connectivity index (χ2v) is 7.41. The molecule has 1 rings (SSSR count). The molecule has 1 aliphatic heterocycles. The normalized spacial score (nSPS) is 28.9. The van der Waals surface area contributed by atoms with Gasteiger partial charge in [0.2, 0.25) is 0 Å².